The molecular formula is C13H18N4. The summed E-state index contributed by atoms with van der Waals surface area (Å²) in [5.41, 5.74) is 7.58. The third-order valence-electron chi connectivity index (χ3n) is 2.81. The van der Waals surface area contributed by atoms with Gasteiger partial charge in [-0.05, 0) is 31.0 Å². The summed E-state index contributed by atoms with van der Waals surface area (Å²) in [7, 11) is 0. The van der Waals surface area contributed by atoms with Gasteiger partial charge in [0.15, 0.2) is 0 Å². The van der Waals surface area contributed by atoms with E-state index >= 15 is 0 Å². The van der Waals surface area contributed by atoms with E-state index in [1.807, 2.05) is 19.1 Å². The van der Waals surface area contributed by atoms with Gasteiger partial charge in [-0.3, -0.25) is 0 Å². The van der Waals surface area contributed by atoms with Crippen molar-refractivity contribution in [2.45, 2.75) is 27.2 Å². The summed E-state index contributed by atoms with van der Waals surface area (Å²) in [5.74, 6) is 0. The summed E-state index contributed by atoms with van der Waals surface area (Å²) in [6.45, 7) is 7.15. The van der Waals surface area contributed by atoms with E-state index in [1.165, 1.54) is 5.56 Å². The SMILES string of the molecule is CCCNn1nnc(-c2ccccc2C)c1C. The number of rotatable bonds is 4. The van der Waals surface area contributed by atoms with Crippen molar-refractivity contribution in [3.8, 4) is 11.3 Å². The molecule has 17 heavy (non-hydrogen) atoms. The van der Waals surface area contributed by atoms with Crippen LogP contribution >= 0.6 is 0 Å². The fraction of sp³-hybridized carbons (Fsp3) is 0.385. The van der Waals surface area contributed by atoms with Crippen LogP contribution in [-0.4, -0.2) is 21.6 Å². The van der Waals surface area contributed by atoms with Gasteiger partial charge in [0, 0.05) is 12.1 Å². The van der Waals surface area contributed by atoms with E-state index in [-0.39, 0.29) is 0 Å². The second kappa shape index (κ2) is 4.99. The van der Waals surface area contributed by atoms with E-state index in [2.05, 4.69) is 41.7 Å². The second-order valence-electron chi connectivity index (χ2n) is 4.16. The monoisotopic (exact) mass is 230 g/mol. The maximum absolute atomic E-state index is 4.25. The van der Waals surface area contributed by atoms with Crippen LogP contribution in [-0.2, 0) is 0 Å². The Kier molecular flexibility index (Phi) is 3.42. The molecular weight excluding hydrogens is 212 g/mol. The highest BCUT2D eigenvalue weighted by Crippen LogP contribution is 2.23. The Labute approximate surface area is 102 Å². The summed E-state index contributed by atoms with van der Waals surface area (Å²) in [6.07, 6.45) is 1.07. The third-order valence-corrected chi connectivity index (χ3v) is 2.81. The van der Waals surface area contributed by atoms with Crippen molar-refractivity contribution in [2.75, 3.05) is 12.0 Å². The maximum Gasteiger partial charge on any atom is 0.118 e. The quantitative estimate of drug-likeness (QED) is 0.877. The van der Waals surface area contributed by atoms with Crippen molar-refractivity contribution in [1.29, 1.82) is 0 Å². The highest BCUT2D eigenvalue weighted by Gasteiger charge is 2.11. The van der Waals surface area contributed by atoms with Gasteiger partial charge >= 0.3 is 0 Å². The van der Waals surface area contributed by atoms with Gasteiger partial charge < -0.3 is 5.43 Å². The zero-order valence-corrected chi connectivity index (χ0v) is 10.6. The van der Waals surface area contributed by atoms with Crippen molar-refractivity contribution < 1.29 is 0 Å². The molecule has 0 unspecified atom stereocenters. The fourth-order valence-corrected chi connectivity index (χ4v) is 1.78. The van der Waals surface area contributed by atoms with Crippen molar-refractivity contribution in [2.24, 2.45) is 0 Å². The van der Waals surface area contributed by atoms with E-state index in [9.17, 15) is 0 Å². The Bertz CT molecular complexity index is 502. The van der Waals surface area contributed by atoms with Crippen molar-refractivity contribution >= 4 is 0 Å². The van der Waals surface area contributed by atoms with Crippen LogP contribution in [0.3, 0.4) is 0 Å². The first-order chi connectivity index (χ1) is 8.24. The lowest BCUT2D eigenvalue weighted by Crippen LogP contribution is -2.18. The van der Waals surface area contributed by atoms with Crippen molar-refractivity contribution in [3.05, 3.63) is 35.5 Å². The van der Waals surface area contributed by atoms with Crippen LogP contribution in [0.2, 0.25) is 0 Å². The Morgan fingerprint density at radius 2 is 2.00 bits per heavy atom. The molecule has 1 N–H and O–H groups in total. The lowest BCUT2D eigenvalue weighted by atomic mass is 10.1. The molecule has 0 atom stereocenters. The highest BCUT2D eigenvalue weighted by atomic mass is 15.6. The Morgan fingerprint density at radius 1 is 1.24 bits per heavy atom. The summed E-state index contributed by atoms with van der Waals surface area (Å²) >= 11 is 0. The normalized spacial score (nSPS) is 10.5. The topological polar surface area (TPSA) is 42.7 Å². The molecule has 4 nitrogen and oxygen atoms in total. The number of hydrogen-bond donors (Lipinski definition) is 1. The predicted molar refractivity (Wildman–Crippen MR) is 69.5 cm³/mol. The molecule has 2 rings (SSSR count). The number of aryl methyl sites for hydroxylation is 1. The fourth-order valence-electron chi connectivity index (χ4n) is 1.78. The van der Waals surface area contributed by atoms with Crippen LogP contribution < -0.4 is 5.43 Å². The molecule has 0 fully saturated rings. The first kappa shape index (κ1) is 11.6. The minimum atomic E-state index is 0.900. The molecule has 0 saturated heterocycles. The second-order valence-corrected chi connectivity index (χ2v) is 4.16. The van der Waals surface area contributed by atoms with Gasteiger partial charge in [0.1, 0.15) is 5.69 Å². The van der Waals surface area contributed by atoms with Crippen LogP contribution in [0.4, 0.5) is 0 Å². The summed E-state index contributed by atoms with van der Waals surface area (Å²) in [4.78, 5) is 1.76. The molecule has 0 amide bonds. The van der Waals surface area contributed by atoms with Gasteiger partial charge in [-0.15, -0.1) is 5.10 Å². The Morgan fingerprint density at radius 3 is 2.71 bits per heavy atom. The van der Waals surface area contributed by atoms with E-state index in [1.54, 1.807) is 4.79 Å². The molecule has 0 saturated carbocycles. The average Bonchev–Trinajstić information content (AvgIpc) is 2.69. The molecule has 1 aromatic heterocycles. The van der Waals surface area contributed by atoms with Gasteiger partial charge in [-0.1, -0.05) is 31.2 Å². The number of hydrogen-bond acceptors (Lipinski definition) is 3. The molecule has 0 radical (unpaired) electrons. The van der Waals surface area contributed by atoms with Crippen LogP contribution in [0.25, 0.3) is 11.3 Å². The van der Waals surface area contributed by atoms with Crippen LogP contribution in [0.15, 0.2) is 24.3 Å². The smallest absolute Gasteiger partial charge is 0.118 e. The maximum atomic E-state index is 4.25. The van der Waals surface area contributed by atoms with Crippen LogP contribution in [0.1, 0.15) is 24.6 Å². The van der Waals surface area contributed by atoms with E-state index in [0.29, 0.717) is 0 Å². The molecule has 2 aromatic rings. The van der Waals surface area contributed by atoms with Gasteiger partial charge in [-0.25, -0.2) is 0 Å². The zero-order chi connectivity index (χ0) is 12.3. The first-order valence-corrected chi connectivity index (χ1v) is 5.96. The molecule has 0 aliphatic carbocycles. The molecule has 1 heterocycles. The standard InChI is InChI=1S/C13H18N4/c1-4-9-14-17-11(3)13(15-16-17)12-8-6-5-7-10(12)2/h5-8,14H,4,9H2,1-3H3. The average molecular weight is 230 g/mol. The Balaban J connectivity index is 2.34. The minimum absolute atomic E-state index is 0.900. The lowest BCUT2D eigenvalue weighted by molar-refractivity contribution is 0.668. The van der Waals surface area contributed by atoms with Gasteiger partial charge in [-0.2, -0.15) is 4.79 Å². The number of nitrogens with one attached hydrogen (secondary N) is 1. The number of aromatic nitrogens is 3. The molecule has 0 spiro atoms. The molecule has 90 valence electrons. The van der Waals surface area contributed by atoms with Gasteiger partial charge in [0.25, 0.3) is 0 Å². The lowest BCUT2D eigenvalue weighted by Gasteiger charge is -2.06. The Hall–Kier alpha value is -1.84. The van der Waals surface area contributed by atoms with Crippen LogP contribution in [0, 0.1) is 13.8 Å². The van der Waals surface area contributed by atoms with Crippen molar-refractivity contribution in [1.82, 2.24) is 15.1 Å². The van der Waals surface area contributed by atoms with Crippen molar-refractivity contribution in [3.63, 3.8) is 0 Å². The predicted octanol–water partition coefficient (Wildman–Crippen LogP) is 2.52. The highest BCUT2D eigenvalue weighted by molar-refractivity contribution is 5.64. The van der Waals surface area contributed by atoms with Gasteiger partial charge in [0.2, 0.25) is 0 Å². The zero-order valence-electron chi connectivity index (χ0n) is 10.6. The molecule has 0 aliphatic heterocycles. The summed E-state index contributed by atoms with van der Waals surface area (Å²) in [6, 6.07) is 8.23. The minimum Gasteiger partial charge on any atom is -0.308 e. The molecule has 0 bridgehead atoms. The molecule has 0 aliphatic rings. The largest absolute Gasteiger partial charge is 0.308 e. The summed E-state index contributed by atoms with van der Waals surface area (Å²) < 4.78 is 0. The van der Waals surface area contributed by atoms with Gasteiger partial charge in [0.05, 0.1) is 5.69 Å². The summed E-state index contributed by atoms with van der Waals surface area (Å²) in [5, 5.41) is 8.38. The molecule has 1 aromatic carbocycles. The first-order valence-electron chi connectivity index (χ1n) is 5.96. The van der Waals surface area contributed by atoms with E-state index in [4.69, 9.17) is 0 Å². The third kappa shape index (κ3) is 2.30. The number of benzene rings is 1. The van der Waals surface area contributed by atoms with E-state index < -0.39 is 0 Å². The molecule has 4 heteroatoms. The van der Waals surface area contributed by atoms with Crippen LogP contribution in [0.5, 0.6) is 0 Å². The van der Waals surface area contributed by atoms with E-state index in [0.717, 1.165) is 29.9 Å². The number of nitrogens with zero attached hydrogens (tertiary/aromatic N) is 3.